The lowest BCUT2D eigenvalue weighted by molar-refractivity contribution is -0.0712. The Morgan fingerprint density at radius 3 is 2.56 bits per heavy atom. The minimum absolute atomic E-state index is 0.0554. The molecule has 8 heteroatoms. The van der Waals surface area contributed by atoms with Gasteiger partial charge in [-0.05, 0) is 68.1 Å². The molecular weight excluding hydrogens is 435 g/mol. The molecule has 2 amide bonds. The summed E-state index contributed by atoms with van der Waals surface area (Å²) in [6.07, 6.45) is 6.73. The van der Waals surface area contributed by atoms with Gasteiger partial charge in [0.2, 0.25) is 0 Å². The lowest BCUT2D eigenvalue weighted by Crippen LogP contribution is -2.47. The molecule has 5 rings (SSSR count). The first-order chi connectivity index (χ1) is 16.5. The molecule has 1 N–H and O–H groups in total. The van der Waals surface area contributed by atoms with Gasteiger partial charge in [-0.15, -0.1) is 0 Å². The first-order valence-electron chi connectivity index (χ1n) is 11.6. The Bertz CT molecular complexity index is 1160. The predicted molar refractivity (Wildman–Crippen MR) is 124 cm³/mol. The van der Waals surface area contributed by atoms with Crippen LogP contribution < -0.4 is 5.32 Å². The molecule has 0 bridgehead atoms. The topological polar surface area (TPSA) is 76.5 Å². The van der Waals surface area contributed by atoms with Gasteiger partial charge < -0.3 is 15.0 Å². The number of aromatic nitrogens is 2. The number of para-hydroxylation sites is 1. The van der Waals surface area contributed by atoms with Crippen molar-refractivity contribution in [1.82, 2.24) is 20.0 Å². The van der Waals surface area contributed by atoms with Gasteiger partial charge in [0.15, 0.2) is 0 Å². The number of carbonyl (C=O) groups excluding carboxylic acids is 2. The van der Waals surface area contributed by atoms with E-state index in [2.05, 4.69) is 10.4 Å². The van der Waals surface area contributed by atoms with Crippen LogP contribution in [0.2, 0.25) is 0 Å². The van der Waals surface area contributed by atoms with E-state index < -0.39 is 0 Å². The van der Waals surface area contributed by atoms with Crippen LogP contribution in [0.1, 0.15) is 46.4 Å². The van der Waals surface area contributed by atoms with Gasteiger partial charge >= 0.3 is 0 Å². The number of nitrogens with one attached hydrogen (secondary N) is 1. The summed E-state index contributed by atoms with van der Waals surface area (Å²) in [5.74, 6) is -0.584. The van der Waals surface area contributed by atoms with Crippen LogP contribution in [-0.4, -0.2) is 57.8 Å². The quantitative estimate of drug-likeness (QED) is 0.629. The maximum absolute atomic E-state index is 13.2. The van der Waals surface area contributed by atoms with E-state index in [0.717, 1.165) is 31.4 Å². The number of halogens is 1. The largest absolute Gasteiger partial charge is 0.370 e. The first kappa shape index (κ1) is 22.3. The molecule has 2 aliphatic rings. The fraction of sp³-hybridized carbons (Fsp3) is 0.346. The zero-order valence-corrected chi connectivity index (χ0v) is 18.8. The Kier molecular flexibility index (Phi) is 6.15. The van der Waals surface area contributed by atoms with Crippen LogP contribution in [0.3, 0.4) is 0 Å². The molecular formula is C26H27FN4O3. The third kappa shape index (κ3) is 4.59. The van der Waals surface area contributed by atoms with Crippen LogP contribution in [0.15, 0.2) is 67.0 Å². The van der Waals surface area contributed by atoms with Gasteiger partial charge in [0.05, 0.1) is 23.0 Å². The number of likely N-dealkylation sites (tertiary alicyclic amines) is 1. The van der Waals surface area contributed by atoms with E-state index in [0.29, 0.717) is 30.8 Å². The number of hydrogen-bond acceptors (Lipinski definition) is 4. The number of piperidine rings is 1. The van der Waals surface area contributed by atoms with Crippen molar-refractivity contribution in [1.29, 1.82) is 0 Å². The second-order valence-electron chi connectivity index (χ2n) is 8.94. The van der Waals surface area contributed by atoms with Crippen molar-refractivity contribution >= 4 is 11.8 Å². The highest BCUT2D eigenvalue weighted by Gasteiger charge is 2.43. The smallest absolute Gasteiger partial charge is 0.253 e. The molecule has 0 radical (unpaired) electrons. The van der Waals surface area contributed by atoms with Gasteiger partial charge in [0.1, 0.15) is 5.82 Å². The predicted octanol–water partition coefficient (Wildman–Crippen LogP) is 3.60. The Labute approximate surface area is 197 Å². The number of hydrogen-bond donors (Lipinski definition) is 1. The number of benzene rings is 2. The third-order valence-electron chi connectivity index (χ3n) is 6.78. The molecule has 2 fully saturated rings. The van der Waals surface area contributed by atoms with Gasteiger partial charge in [0.25, 0.3) is 11.8 Å². The van der Waals surface area contributed by atoms with Crippen molar-refractivity contribution in [3.05, 3.63) is 83.9 Å². The normalized spacial score (nSPS) is 19.3. The van der Waals surface area contributed by atoms with Gasteiger partial charge in [-0.25, -0.2) is 9.07 Å². The Balaban J connectivity index is 1.14. The van der Waals surface area contributed by atoms with E-state index in [1.54, 1.807) is 16.9 Å². The molecule has 3 heterocycles. The lowest BCUT2D eigenvalue weighted by atomic mass is 9.88. The molecule has 1 spiro atoms. The molecule has 7 nitrogen and oxygen atoms in total. The van der Waals surface area contributed by atoms with Crippen LogP contribution >= 0.6 is 0 Å². The maximum Gasteiger partial charge on any atom is 0.253 e. The molecule has 34 heavy (non-hydrogen) atoms. The van der Waals surface area contributed by atoms with E-state index >= 15 is 0 Å². The summed E-state index contributed by atoms with van der Waals surface area (Å²) in [4.78, 5) is 27.4. The monoisotopic (exact) mass is 462 g/mol. The third-order valence-corrected chi connectivity index (χ3v) is 6.78. The summed E-state index contributed by atoms with van der Waals surface area (Å²) in [6.45, 7) is 1.64. The van der Waals surface area contributed by atoms with E-state index in [1.165, 1.54) is 24.3 Å². The van der Waals surface area contributed by atoms with E-state index in [4.69, 9.17) is 4.74 Å². The molecule has 2 saturated heterocycles. The van der Waals surface area contributed by atoms with Gasteiger partial charge in [-0.2, -0.15) is 5.10 Å². The number of amides is 2. The van der Waals surface area contributed by atoms with Crippen molar-refractivity contribution in [2.24, 2.45) is 0 Å². The lowest BCUT2D eigenvalue weighted by Gasteiger charge is -2.39. The Morgan fingerprint density at radius 2 is 1.82 bits per heavy atom. The van der Waals surface area contributed by atoms with Crippen molar-refractivity contribution in [2.45, 2.75) is 37.4 Å². The average Bonchev–Trinajstić information content (AvgIpc) is 3.54. The molecule has 176 valence electrons. The second kappa shape index (κ2) is 9.38. The fourth-order valence-corrected chi connectivity index (χ4v) is 4.88. The highest BCUT2D eigenvalue weighted by atomic mass is 19.1. The van der Waals surface area contributed by atoms with Crippen LogP contribution in [0.4, 0.5) is 4.39 Å². The van der Waals surface area contributed by atoms with Crippen LogP contribution in [0.5, 0.6) is 0 Å². The van der Waals surface area contributed by atoms with Gasteiger partial charge in [-0.1, -0.05) is 12.1 Å². The van der Waals surface area contributed by atoms with Crippen LogP contribution in [0.25, 0.3) is 5.69 Å². The summed E-state index contributed by atoms with van der Waals surface area (Å²) >= 11 is 0. The molecule has 1 aromatic heterocycles. The summed E-state index contributed by atoms with van der Waals surface area (Å²) < 4.78 is 21.2. The molecule has 1 unspecified atom stereocenters. The Morgan fingerprint density at radius 1 is 1.06 bits per heavy atom. The second-order valence-corrected chi connectivity index (χ2v) is 8.94. The highest BCUT2D eigenvalue weighted by molar-refractivity contribution is 5.97. The minimum atomic E-state index is -0.350. The number of nitrogens with zero attached hydrogens (tertiary/aromatic N) is 3. The summed E-state index contributed by atoms with van der Waals surface area (Å²) in [6, 6.07) is 14.9. The molecule has 3 aromatic rings. The molecule has 2 aromatic carbocycles. The number of rotatable bonds is 5. The summed E-state index contributed by atoms with van der Waals surface area (Å²) in [7, 11) is 0. The molecule has 2 aliphatic heterocycles. The molecule has 1 atom stereocenters. The van der Waals surface area contributed by atoms with E-state index in [-0.39, 0.29) is 29.3 Å². The summed E-state index contributed by atoms with van der Waals surface area (Å²) in [5, 5.41) is 7.25. The van der Waals surface area contributed by atoms with Crippen molar-refractivity contribution in [3.63, 3.8) is 0 Å². The number of ether oxygens (including phenoxy) is 1. The van der Waals surface area contributed by atoms with E-state index in [9.17, 15) is 14.0 Å². The molecule has 0 saturated carbocycles. The fourth-order valence-electron chi connectivity index (χ4n) is 4.88. The molecule has 0 aliphatic carbocycles. The SMILES string of the molecule is O=C(NCC1CCC2(CCN(C(=O)c3ccc(F)cc3)CC2)O1)c1ccccc1-n1cccn1. The zero-order valence-electron chi connectivity index (χ0n) is 18.8. The first-order valence-corrected chi connectivity index (χ1v) is 11.6. The average molecular weight is 463 g/mol. The van der Waals surface area contributed by atoms with Crippen molar-refractivity contribution in [2.75, 3.05) is 19.6 Å². The minimum Gasteiger partial charge on any atom is -0.370 e. The highest BCUT2D eigenvalue weighted by Crippen LogP contribution is 2.39. The number of carbonyl (C=O) groups is 2. The summed E-state index contributed by atoms with van der Waals surface area (Å²) in [5.41, 5.74) is 1.54. The maximum atomic E-state index is 13.2. The van der Waals surface area contributed by atoms with Crippen LogP contribution in [-0.2, 0) is 4.74 Å². The van der Waals surface area contributed by atoms with Crippen molar-refractivity contribution in [3.8, 4) is 5.69 Å². The van der Waals surface area contributed by atoms with E-state index in [1.807, 2.05) is 35.4 Å². The van der Waals surface area contributed by atoms with Gasteiger partial charge in [-0.3, -0.25) is 9.59 Å². The standard InChI is InChI=1S/C26H27FN4O3/c27-20-8-6-19(7-9-20)25(33)30-16-12-26(13-17-30)11-10-21(34-26)18-28-24(32)22-4-1-2-5-23(22)31-15-3-14-29-31/h1-9,14-15,21H,10-13,16-18H2,(H,28,32). The Hall–Kier alpha value is -3.52. The zero-order chi connectivity index (χ0) is 23.5. The van der Waals surface area contributed by atoms with Crippen molar-refractivity contribution < 1.29 is 18.7 Å². The van der Waals surface area contributed by atoms with Gasteiger partial charge in [0, 0.05) is 37.6 Å². The van der Waals surface area contributed by atoms with Crippen LogP contribution in [0, 0.1) is 5.82 Å².